The van der Waals surface area contributed by atoms with Crippen LogP contribution < -0.4 is 0 Å². The summed E-state index contributed by atoms with van der Waals surface area (Å²) in [7, 11) is 0. The normalized spacial score (nSPS) is 26.4. The third-order valence-corrected chi connectivity index (χ3v) is 4.48. The van der Waals surface area contributed by atoms with Gasteiger partial charge >= 0.3 is 0 Å². The van der Waals surface area contributed by atoms with Crippen LogP contribution in [-0.4, -0.2) is 40.9 Å². The van der Waals surface area contributed by atoms with Crippen LogP contribution >= 0.6 is 0 Å². The minimum atomic E-state index is -1.46. The van der Waals surface area contributed by atoms with Gasteiger partial charge in [0.15, 0.2) is 17.5 Å². The molecular formula is C16H22F3NO2. The number of nitrogens with zero attached hydrogens (tertiary/aromatic N) is 1. The Balaban J connectivity index is 2.13. The van der Waals surface area contributed by atoms with Gasteiger partial charge in [-0.15, -0.1) is 0 Å². The molecule has 3 nitrogen and oxygen atoms in total. The maximum Gasteiger partial charge on any atom is 0.194 e. The number of halogens is 3. The van der Waals surface area contributed by atoms with Gasteiger partial charge in [-0.2, -0.15) is 0 Å². The molecule has 1 heterocycles. The zero-order valence-electron chi connectivity index (χ0n) is 12.7. The maximum atomic E-state index is 13.3. The number of rotatable bonds is 5. The lowest BCUT2D eigenvalue weighted by molar-refractivity contribution is -0.0820. The number of likely N-dealkylation sites (tertiary alicyclic amines) is 1. The monoisotopic (exact) mass is 317 g/mol. The highest BCUT2D eigenvalue weighted by Crippen LogP contribution is 2.35. The summed E-state index contributed by atoms with van der Waals surface area (Å²) in [5.74, 6) is -3.86. The van der Waals surface area contributed by atoms with Gasteiger partial charge in [-0.1, -0.05) is 13.3 Å². The van der Waals surface area contributed by atoms with Gasteiger partial charge in [0.1, 0.15) is 0 Å². The predicted octanol–water partition coefficient (Wildman–Crippen LogP) is 2.45. The van der Waals surface area contributed by atoms with E-state index in [-0.39, 0.29) is 13.2 Å². The van der Waals surface area contributed by atoms with Crippen molar-refractivity contribution in [2.75, 3.05) is 19.7 Å². The zero-order chi connectivity index (χ0) is 16.3. The molecule has 0 spiro atoms. The molecule has 6 heteroatoms. The number of hydrogen-bond donors (Lipinski definition) is 2. The average molecular weight is 317 g/mol. The smallest absolute Gasteiger partial charge is 0.194 e. The van der Waals surface area contributed by atoms with Gasteiger partial charge in [-0.25, -0.2) is 13.2 Å². The SMILES string of the molecule is CCC[C@]1(CO)CN(Cc2cc(F)c(F)c(F)c2)CC[C@H]1O. The Bertz CT molecular complexity index is 503. The predicted molar refractivity (Wildman–Crippen MR) is 76.6 cm³/mol. The second kappa shape index (κ2) is 6.98. The summed E-state index contributed by atoms with van der Waals surface area (Å²) in [5, 5.41) is 19.9. The molecule has 1 fully saturated rings. The van der Waals surface area contributed by atoms with Gasteiger partial charge in [0, 0.05) is 25.0 Å². The lowest BCUT2D eigenvalue weighted by Gasteiger charge is -2.45. The van der Waals surface area contributed by atoms with Crippen molar-refractivity contribution in [1.29, 1.82) is 0 Å². The van der Waals surface area contributed by atoms with Crippen LogP contribution in [0, 0.1) is 22.9 Å². The van der Waals surface area contributed by atoms with Gasteiger partial charge in [-0.05, 0) is 30.5 Å². The Labute approximate surface area is 128 Å². The van der Waals surface area contributed by atoms with Crippen LogP contribution in [0.1, 0.15) is 31.7 Å². The Morgan fingerprint density at radius 2 is 1.91 bits per heavy atom. The first-order valence-corrected chi connectivity index (χ1v) is 7.56. The maximum absolute atomic E-state index is 13.3. The van der Waals surface area contributed by atoms with E-state index in [2.05, 4.69) is 0 Å². The van der Waals surface area contributed by atoms with Crippen LogP contribution in [0.4, 0.5) is 13.2 Å². The summed E-state index contributed by atoms with van der Waals surface area (Å²) >= 11 is 0. The standard InChI is InChI=1S/C16H22F3NO2/c1-2-4-16(10-21)9-20(5-3-14(16)22)8-11-6-12(17)15(19)13(18)7-11/h6-7,14,21-22H,2-5,8-10H2,1H3/t14-,16-/m1/s1. The number of piperidine rings is 1. The Hall–Kier alpha value is -1.11. The summed E-state index contributed by atoms with van der Waals surface area (Å²) in [4.78, 5) is 1.94. The first kappa shape index (κ1) is 17.2. The van der Waals surface area contributed by atoms with Crippen molar-refractivity contribution in [3.8, 4) is 0 Å². The van der Waals surface area contributed by atoms with Crippen LogP contribution in [0.2, 0.25) is 0 Å². The number of aliphatic hydroxyl groups is 2. The van der Waals surface area contributed by atoms with E-state index in [0.717, 1.165) is 18.6 Å². The van der Waals surface area contributed by atoms with Crippen molar-refractivity contribution < 1.29 is 23.4 Å². The zero-order valence-corrected chi connectivity index (χ0v) is 12.7. The summed E-state index contributed by atoms with van der Waals surface area (Å²) < 4.78 is 39.6. The quantitative estimate of drug-likeness (QED) is 0.820. The van der Waals surface area contributed by atoms with Gasteiger partial charge in [0.05, 0.1) is 12.7 Å². The molecule has 1 aliphatic rings. The first-order valence-electron chi connectivity index (χ1n) is 7.56. The van der Waals surface area contributed by atoms with E-state index in [9.17, 15) is 23.4 Å². The molecule has 2 N–H and O–H groups in total. The molecule has 1 aromatic carbocycles. The van der Waals surface area contributed by atoms with Gasteiger partial charge in [-0.3, -0.25) is 4.90 Å². The van der Waals surface area contributed by atoms with E-state index in [4.69, 9.17) is 0 Å². The summed E-state index contributed by atoms with van der Waals surface area (Å²) in [6.45, 7) is 3.11. The molecular weight excluding hydrogens is 295 g/mol. The van der Waals surface area contributed by atoms with E-state index in [1.165, 1.54) is 0 Å². The van der Waals surface area contributed by atoms with Crippen molar-refractivity contribution >= 4 is 0 Å². The summed E-state index contributed by atoms with van der Waals surface area (Å²) in [5.41, 5.74) is -0.263. The molecule has 1 saturated heterocycles. The highest BCUT2D eigenvalue weighted by atomic mass is 19.2. The number of benzene rings is 1. The molecule has 0 bridgehead atoms. The van der Waals surface area contributed by atoms with Crippen molar-refractivity contribution in [2.24, 2.45) is 5.41 Å². The van der Waals surface area contributed by atoms with Crippen molar-refractivity contribution in [2.45, 2.75) is 38.8 Å². The van der Waals surface area contributed by atoms with Crippen molar-refractivity contribution in [1.82, 2.24) is 4.90 Å². The average Bonchev–Trinajstić information content (AvgIpc) is 2.48. The fourth-order valence-electron chi connectivity index (χ4n) is 3.31. The number of hydrogen-bond acceptors (Lipinski definition) is 3. The third kappa shape index (κ3) is 3.45. The molecule has 124 valence electrons. The molecule has 0 aliphatic carbocycles. The Morgan fingerprint density at radius 3 is 2.45 bits per heavy atom. The van der Waals surface area contributed by atoms with Gasteiger partial charge < -0.3 is 10.2 Å². The fraction of sp³-hybridized carbons (Fsp3) is 0.625. The molecule has 2 rings (SSSR count). The van der Waals surface area contributed by atoms with E-state index in [1.807, 2.05) is 11.8 Å². The number of aliphatic hydroxyl groups excluding tert-OH is 2. The van der Waals surface area contributed by atoms with Crippen LogP contribution in [0.3, 0.4) is 0 Å². The highest BCUT2D eigenvalue weighted by Gasteiger charge is 2.41. The van der Waals surface area contributed by atoms with Crippen LogP contribution in [-0.2, 0) is 6.54 Å². The molecule has 0 saturated carbocycles. The Morgan fingerprint density at radius 1 is 1.27 bits per heavy atom. The van der Waals surface area contributed by atoms with E-state index in [0.29, 0.717) is 31.5 Å². The molecule has 0 unspecified atom stereocenters. The minimum Gasteiger partial charge on any atom is -0.396 e. The third-order valence-electron chi connectivity index (χ3n) is 4.48. The summed E-state index contributed by atoms with van der Waals surface area (Å²) in [6.07, 6.45) is 1.40. The molecule has 0 radical (unpaired) electrons. The topological polar surface area (TPSA) is 43.7 Å². The molecule has 2 atom stereocenters. The fourth-order valence-corrected chi connectivity index (χ4v) is 3.31. The molecule has 1 aromatic rings. The minimum absolute atomic E-state index is 0.134. The lowest BCUT2D eigenvalue weighted by atomic mass is 9.74. The molecule has 0 aromatic heterocycles. The first-order chi connectivity index (χ1) is 10.4. The van der Waals surface area contributed by atoms with Crippen molar-refractivity contribution in [3.63, 3.8) is 0 Å². The van der Waals surface area contributed by atoms with Crippen LogP contribution in [0.5, 0.6) is 0 Å². The molecule has 1 aliphatic heterocycles. The van der Waals surface area contributed by atoms with E-state index < -0.39 is 29.0 Å². The van der Waals surface area contributed by atoms with E-state index in [1.54, 1.807) is 0 Å². The largest absolute Gasteiger partial charge is 0.396 e. The second-order valence-corrected chi connectivity index (χ2v) is 6.16. The van der Waals surface area contributed by atoms with Crippen LogP contribution in [0.15, 0.2) is 12.1 Å². The Kier molecular flexibility index (Phi) is 5.47. The lowest BCUT2D eigenvalue weighted by Crippen LogP contribution is -2.53. The molecule has 0 amide bonds. The van der Waals surface area contributed by atoms with E-state index >= 15 is 0 Å². The van der Waals surface area contributed by atoms with Gasteiger partial charge in [0.25, 0.3) is 0 Å². The molecule has 22 heavy (non-hydrogen) atoms. The van der Waals surface area contributed by atoms with Crippen molar-refractivity contribution in [3.05, 3.63) is 35.1 Å². The van der Waals surface area contributed by atoms with Crippen LogP contribution in [0.25, 0.3) is 0 Å². The van der Waals surface area contributed by atoms with Gasteiger partial charge in [0.2, 0.25) is 0 Å². The summed E-state index contributed by atoms with van der Waals surface area (Å²) in [6, 6.07) is 1.98. The highest BCUT2D eigenvalue weighted by molar-refractivity contribution is 5.19. The second-order valence-electron chi connectivity index (χ2n) is 6.16.